The fourth-order valence-corrected chi connectivity index (χ4v) is 2.04. The van der Waals surface area contributed by atoms with E-state index in [-0.39, 0.29) is 18.5 Å². The third-order valence-electron chi connectivity index (χ3n) is 2.59. The van der Waals surface area contributed by atoms with Gasteiger partial charge in [-0.25, -0.2) is 4.72 Å². The molecule has 0 spiro atoms. The zero-order chi connectivity index (χ0) is 12.8. The first-order valence-corrected chi connectivity index (χ1v) is 7.21. The minimum Gasteiger partial charge on any atom is -0.326 e. The van der Waals surface area contributed by atoms with Crippen molar-refractivity contribution in [1.29, 1.82) is 0 Å². The second-order valence-corrected chi connectivity index (χ2v) is 6.30. The van der Waals surface area contributed by atoms with Crippen LogP contribution >= 0.6 is 0 Å². The van der Waals surface area contributed by atoms with Crippen molar-refractivity contribution < 1.29 is 8.42 Å². The van der Waals surface area contributed by atoms with E-state index in [9.17, 15) is 8.42 Å². The van der Waals surface area contributed by atoms with Gasteiger partial charge < -0.3 is 5.73 Å². The molecular formula is C10H25N3O2S. The highest BCUT2D eigenvalue weighted by atomic mass is 32.2. The maximum Gasteiger partial charge on any atom is 0.279 e. The van der Waals surface area contributed by atoms with Crippen molar-refractivity contribution in [2.75, 3.05) is 20.1 Å². The highest BCUT2D eigenvalue weighted by Gasteiger charge is 2.18. The molecular weight excluding hydrogens is 226 g/mol. The van der Waals surface area contributed by atoms with Gasteiger partial charge >= 0.3 is 0 Å². The minimum absolute atomic E-state index is 0.144. The molecule has 1 unspecified atom stereocenters. The Kier molecular flexibility index (Phi) is 7.14. The summed E-state index contributed by atoms with van der Waals surface area (Å²) in [6, 6.07) is -0.144. The maximum absolute atomic E-state index is 11.7. The lowest BCUT2D eigenvalue weighted by atomic mass is 10.1. The van der Waals surface area contributed by atoms with Crippen LogP contribution in [0.2, 0.25) is 0 Å². The van der Waals surface area contributed by atoms with Crippen LogP contribution in [-0.4, -0.2) is 38.9 Å². The van der Waals surface area contributed by atoms with E-state index in [2.05, 4.69) is 4.72 Å². The van der Waals surface area contributed by atoms with E-state index in [0.717, 1.165) is 12.8 Å². The summed E-state index contributed by atoms with van der Waals surface area (Å²) in [5, 5.41) is 0. The number of rotatable bonds is 8. The van der Waals surface area contributed by atoms with Crippen LogP contribution in [-0.2, 0) is 10.2 Å². The third kappa shape index (κ3) is 5.79. The van der Waals surface area contributed by atoms with E-state index in [4.69, 9.17) is 5.73 Å². The van der Waals surface area contributed by atoms with E-state index < -0.39 is 10.2 Å². The Balaban J connectivity index is 4.14. The first-order valence-electron chi connectivity index (χ1n) is 5.77. The number of unbranched alkanes of at least 4 members (excludes halogenated alkanes) is 1. The number of hydrogen-bond donors (Lipinski definition) is 2. The number of hydrogen-bond acceptors (Lipinski definition) is 3. The fourth-order valence-electron chi connectivity index (χ4n) is 1.05. The lowest BCUT2D eigenvalue weighted by molar-refractivity contribution is 0.433. The SMILES string of the molecule is CCCCN(C)S(=O)(=O)NCC(N)C(C)C. The van der Waals surface area contributed by atoms with Crippen LogP contribution in [0.3, 0.4) is 0 Å². The van der Waals surface area contributed by atoms with Crippen molar-refractivity contribution in [2.24, 2.45) is 11.7 Å². The average Bonchev–Trinajstić information content (AvgIpc) is 2.22. The summed E-state index contributed by atoms with van der Waals surface area (Å²) in [6.07, 6.45) is 1.85. The standard InChI is InChI=1S/C10H25N3O2S/c1-5-6-7-13(4)16(14,15)12-8-10(11)9(2)3/h9-10,12H,5-8,11H2,1-4H3. The van der Waals surface area contributed by atoms with E-state index in [1.807, 2.05) is 20.8 Å². The molecule has 0 rings (SSSR count). The second kappa shape index (κ2) is 7.21. The Morgan fingerprint density at radius 2 is 1.94 bits per heavy atom. The van der Waals surface area contributed by atoms with Gasteiger partial charge in [-0.05, 0) is 12.3 Å². The number of nitrogens with zero attached hydrogens (tertiary/aromatic N) is 1. The van der Waals surface area contributed by atoms with Gasteiger partial charge in [0.1, 0.15) is 0 Å². The minimum atomic E-state index is -3.36. The Hall–Kier alpha value is -0.170. The van der Waals surface area contributed by atoms with Gasteiger partial charge in [-0.2, -0.15) is 12.7 Å². The van der Waals surface area contributed by atoms with Crippen LogP contribution in [0.4, 0.5) is 0 Å². The second-order valence-electron chi connectivity index (χ2n) is 4.44. The van der Waals surface area contributed by atoms with Crippen LogP contribution in [0, 0.1) is 5.92 Å². The first kappa shape index (κ1) is 15.8. The van der Waals surface area contributed by atoms with Gasteiger partial charge in [0.25, 0.3) is 10.2 Å². The Morgan fingerprint density at radius 1 is 1.38 bits per heavy atom. The van der Waals surface area contributed by atoms with Crippen molar-refractivity contribution in [1.82, 2.24) is 9.03 Å². The van der Waals surface area contributed by atoms with Crippen LogP contribution in [0.25, 0.3) is 0 Å². The molecule has 16 heavy (non-hydrogen) atoms. The lowest BCUT2D eigenvalue weighted by Gasteiger charge is -2.20. The molecule has 5 nitrogen and oxygen atoms in total. The molecule has 0 aromatic carbocycles. The zero-order valence-corrected chi connectivity index (χ0v) is 11.5. The molecule has 0 saturated carbocycles. The zero-order valence-electron chi connectivity index (χ0n) is 10.7. The molecule has 0 amide bonds. The molecule has 0 aliphatic rings. The van der Waals surface area contributed by atoms with E-state index in [1.54, 1.807) is 7.05 Å². The fraction of sp³-hybridized carbons (Fsp3) is 1.00. The summed E-state index contributed by atoms with van der Waals surface area (Å²) < 4.78 is 27.3. The summed E-state index contributed by atoms with van der Waals surface area (Å²) in [7, 11) is -1.78. The molecule has 0 radical (unpaired) electrons. The molecule has 1 atom stereocenters. The molecule has 0 fully saturated rings. The highest BCUT2D eigenvalue weighted by molar-refractivity contribution is 7.87. The summed E-state index contributed by atoms with van der Waals surface area (Å²) in [5.74, 6) is 0.267. The summed E-state index contributed by atoms with van der Waals surface area (Å²) >= 11 is 0. The van der Waals surface area contributed by atoms with Gasteiger partial charge in [0, 0.05) is 26.2 Å². The monoisotopic (exact) mass is 251 g/mol. The van der Waals surface area contributed by atoms with Crippen LogP contribution in [0.1, 0.15) is 33.6 Å². The predicted molar refractivity (Wildman–Crippen MR) is 67.3 cm³/mol. The Bertz CT molecular complexity index is 278. The quantitative estimate of drug-likeness (QED) is 0.661. The molecule has 3 N–H and O–H groups in total. The predicted octanol–water partition coefficient (Wildman–Crippen LogP) is 0.536. The highest BCUT2D eigenvalue weighted by Crippen LogP contribution is 2.00. The molecule has 0 aromatic heterocycles. The van der Waals surface area contributed by atoms with E-state index in [1.165, 1.54) is 4.31 Å². The van der Waals surface area contributed by atoms with Crippen molar-refractivity contribution in [2.45, 2.75) is 39.7 Å². The van der Waals surface area contributed by atoms with Crippen molar-refractivity contribution in [3.8, 4) is 0 Å². The van der Waals surface area contributed by atoms with Crippen molar-refractivity contribution in [3.05, 3.63) is 0 Å². The van der Waals surface area contributed by atoms with Gasteiger partial charge in [0.15, 0.2) is 0 Å². The topological polar surface area (TPSA) is 75.4 Å². The van der Waals surface area contributed by atoms with Crippen molar-refractivity contribution in [3.63, 3.8) is 0 Å². The molecule has 0 saturated heterocycles. The van der Waals surface area contributed by atoms with Gasteiger partial charge in [-0.15, -0.1) is 0 Å². The van der Waals surface area contributed by atoms with Gasteiger partial charge in [-0.1, -0.05) is 27.2 Å². The number of nitrogens with two attached hydrogens (primary N) is 1. The molecule has 0 bridgehead atoms. The summed E-state index contributed by atoms with van der Waals surface area (Å²) in [4.78, 5) is 0. The molecule has 0 aliphatic heterocycles. The van der Waals surface area contributed by atoms with Crippen LogP contribution < -0.4 is 10.5 Å². The molecule has 98 valence electrons. The van der Waals surface area contributed by atoms with Crippen LogP contribution in [0.15, 0.2) is 0 Å². The Morgan fingerprint density at radius 3 is 2.38 bits per heavy atom. The van der Waals surface area contributed by atoms with E-state index >= 15 is 0 Å². The average molecular weight is 251 g/mol. The largest absolute Gasteiger partial charge is 0.326 e. The maximum atomic E-state index is 11.7. The lowest BCUT2D eigenvalue weighted by Crippen LogP contribution is -2.45. The van der Waals surface area contributed by atoms with E-state index in [0.29, 0.717) is 6.54 Å². The number of nitrogens with one attached hydrogen (secondary N) is 1. The first-order chi connectivity index (χ1) is 7.31. The smallest absolute Gasteiger partial charge is 0.279 e. The summed E-state index contributed by atoms with van der Waals surface area (Å²) in [6.45, 7) is 6.81. The van der Waals surface area contributed by atoms with Crippen LogP contribution in [0.5, 0.6) is 0 Å². The van der Waals surface area contributed by atoms with Gasteiger partial charge in [-0.3, -0.25) is 0 Å². The molecule has 0 aliphatic carbocycles. The van der Waals surface area contributed by atoms with Crippen molar-refractivity contribution >= 4 is 10.2 Å². The Labute approximate surface area is 99.6 Å². The van der Waals surface area contributed by atoms with Gasteiger partial charge in [0.2, 0.25) is 0 Å². The molecule has 6 heteroatoms. The summed E-state index contributed by atoms with van der Waals surface area (Å²) in [5.41, 5.74) is 5.78. The third-order valence-corrected chi connectivity index (χ3v) is 4.13. The molecule has 0 heterocycles. The molecule has 0 aromatic rings. The van der Waals surface area contributed by atoms with Gasteiger partial charge in [0.05, 0.1) is 0 Å². The normalized spacial score (nSPS) is 14.7.